The second-order valence-electron chi connectivity index (χ2n) is 5.87. The van der Waals surface area contributed by atoms with Gasteiger partial charge in [0.15, 0.2) is 0 Å². The Morgan fingerprint density at radius 2 is 2.12 bits per heavy atom. The molecule has 1 amide bonds. The number of likely N-dealkylation sites (tertiary alicyclic amines) is 1. The number of hydrogen-bond donors (Lipinski definition) is 1. The van der Waals surface area contributed by atoms with Gasteiger partial charge in [-0.2, -0.15) is 0 Å². The van der Waals surface area contributed by atoms with E-state index in [-0.39, 0.29) is 23.3 Å². The molecule has 1 fully saturated rings. The Labute approximate surface area is 150 Å². The first-order chi connectivity index (χ1) is 11.9. The molecule has 7 heteroatoms. The van der Waals surface area contributed by atoms with Crippen LogP contribution in [0.2, 0.25) is 5.02 Å². The van der Waals surface area contributed by atoms with Crippen molar-refractivity contribution in [2.45, 2.75) is 19.4 Å². The third kappa shape index (κ3) is 3.91. The fraction of sp³-hybridized carbons (Fsp3) is 0.278. The van der Waals surface area contributed by atoms with Crippen LogP contribution >= 0.6 is 11.6 Å². The lowest BCUT2D eigenvalue weighted by molar-refractivity contribution is 0.0692. The van der Waals surface area contributed by atoms with E-state index in [0.717, 1.165) is 0 Å². The number of hydrogen-bond acceptors (Lipinski definition) is 4. The van der Waals surface area contributed by atoms with Gasteiger partial charge >= 0.3 is 5.97 Å². The lowest BCUT2D eigenvalue weighted by Crippen LogP contribution is -2.31. The minimum atomic E-state index is -1.06. The number of ether oxygens (including phenoxy) is 1. The second-order valence-corrected chi connectivity index (χ2v) is 6.31. The Hall–Kier alpha value is -2.60. The van der Waals surface area contributed by atoms with Gasteiger partial charge in [0.25, 0.3) is 5.91 Å². The number of rotatable bonds is 4. The lowest BCUT2D eigenvalue weighted by Gasteiger charge is -2.17. The Balaban J connectivity index is 1.66. The number of benzene rings is 1. The van der Waals surface area contributed by atoms with Gasteiger partial charge in [0, 0.05) is 18.0 Å². The quantitative estimate of drug-likeness (QED) is 0.906. The number of halogens is 1. The van der Waals surface area contributed by atoms with Crippen LogP contribution in [0.1, 0.15) is 33.0 Å². The number of nitrogens with zero attached hydrogens (tertiary/aromatic N) is 2. The van der Waals surface area contributed by atoms with Gasteiger partial charge in [0.05, 0.1) is 17.8 Å². The Kier molecular flexibility index (Phi) is 4.90. The van der Waals surface area contributed by atoms with Crippen LogP contribution in [0.3, 0.4) is 0 Å². The molecule has 1 aromatic carbocycles. The molecule has 0 radical (unpaired) electrons. The van der Waals surface area contributed by atoms with Gasteiger partial charge in [-0.25, -0.2) is 9.78 Å². The molecule has 1 aromatic heterocycles. The summed E-state index contributed by atoms with van der Waals surface area (Å²) in [5, 5.41) is 9.64. The van der Waals surface area contributed by atoms with E-state index in [9.17, 15) is 9.59 Å². The Morgan fingerprint density at radius 3 is 2.80 bits per heavy atom. The fourth-order valence-corrected chi connectivity index (χ4v) is 2.99. The summed E-state index contributed by atoms with van der Waals surface area (Å²) in [7, 11) is 0. The third-order valence-electron chi connectivity index (χ3n) is 4.07. The summed E-state index contributed by atoms with van der Waals surface area (Å²) in [6.45, 7) is 2.59. The van der Waals surface area contributed by atoms with Gasteiger partial charge in [-0.3, -0.25) is 4.79 Å². The van der Waals surface area contributed by atoms with E-state index >= 15 is 0 Å². The van der Waals surface area contributed by atoms with E-state index in [2.05, 4.69) is 4.98 Å². The van der Waals surface area contributed by atoms with Crippen molar-refractivity contribution in [2.24, 2.45) is 0 Å². The first kappa shape index (κ1) is 17.2. The molecule has 6 nitrogen and oxygen atoms in total. The summed E-state index contributed by atoms with van der Waals surface area (Å²) in [5.74, 6) is -0.607. The predicted molar refractivity (Wildman–Crippen MR) is 92.3 cm³/mol. The Bertz CT molecular complexity index is 824. The minimum absolute atomic E-state index is 0.0974. The van der Waals surface area contributed by atoms with Crippen molar-refractivity contribution in [3.05, 3.63) is 58.4 Å². The maximum Gasteiger partial charge on any atom is 0.337 e. The standard InChI is InChI=1S/C18H17ClN2O4/c1-11-15(18(23)24)5-6-16(20-11)17(22)21-8-7-14(10-21)25-13-4-2-3-12(19)9-13/h2-6,9,14H,7-8,10H2,1H3,(H,23,24). The summed E-state index contributed by atoms with van der Waals surface area (Å²) in [6, 6.07) is 10.0. The number of carboxylic acid groups (broad SMARTS) is 1. The van der Waals surface area contributed by atoms with E-state index in [0.29, 0.717) is 36.0 Å². The van der Waals surface area contributed by atoms with Crippen molar-refractivity contribution in [2.75, 3.05) is 13.1 Å². The molecule has 0 bridgehead atoms. The summed E-state index contributed by atoms with van der Waals surface area (Å²) in [5.41, 5.74) is 0.662. The topological polar surface area (TPSA) is 79.7 Å². The number of aromatic carboxylic acids is 1. The number of aromatic nitrogens is 1. The molecule has 1 atom stereocenters. The van der Waals surface area contributed by atoms with Gasteiger partial charge in [0.2, 0.25) is 0 Å². The predicted octanol–water partition coefficient (Wildman–Crippen LogP) is 3.04. The van der Waals surface area contributed by atoms with Crippen LogP contribution in [0, 0.1) is 6.92 Å². The second kappa shape index (κ2) is 7.11. The monoisotopic (exact) mass is 360 g/mol. The molecule has 2 heterocycles. The highest BCUT2D eigenvalue weighted by Crippen LogP contribution is 2.22. The summed E-state index contributed by atoms with van der Waals surface area (Å²) in [6.07, 6.45) is 0.603. The summed E-state index contributed by atoms with van der Waals surface area (Å²) >= 11 is 5.94. The molecule has 3 rings (SSSR count). The van der Waals surface area contributed by atoms with Gasteiger partial charge in [-0.05, 0) is 37.3 Å². The maximum atomic E-state index is 12.6. The molecule has 1 saturated heterocycles. The van der Waals surface area contributed by atoms with E-state index in [1.165, 1.54) is 12.1 Å². The average molecular weight is 361 g/mol. The highest BCUT2D eigenvalue weighted by Gasteiger charge is 2.29. The van der Waals surface area contributed by atoms with Crippen molar-refractivity contribution in [3.8, 4) is 5.75 Å². The summed E-state index contributed by atoms with van der Waals surface area (Å²) in [4.78, 5) is 29.4. The first-order valence-electron chi connectivity index (χ1n) is 7.86. The van der Waals surface area contributed by atoms with Gasteiger partial charge in [-0.1, -0.05) is 17.7 Å². The zero-order chi connectivity index (χ0) is 18.0. The molecular weight excluding hydrogens is 344 g/mol. The average Bonchev–Trinajstić information content (AvgIpc) is 3.02. The van der Waals surface area contributed by atoms with Crippen molar-refractivity contribution in [1.29, 1.82) is 0 Å². The van der Waals surface area contributed by atoms with Crippen LogP contribution in [0.25, 0.3) is 0 Å². The largest absolute Gasteiger partial charge is 0.488 e. The van der Waals surface area contributed by atoms with Gasteiger partial charge in [0.1, 0.15) is 17.5 Å². The molecular formula is C18H17ClN2O4. The first-order valence-corrected chi connectivity index (χ1v) is 8.24. The van der Waals surface area contributed by atoms with Crippen LogP contribution in [-0.4, -0.2) is 46.1 Å². The van der Waals surface area contributed by atoms with Gasteiger partial charge in [-0.15, -0.1) is 0 Å². The molecule has 130 valence electrons. The number of pyridine rings is 1. The number of carbonyl (C=O) groups excluding carboxylic acids is 1. The zero-order valence-corrected chi connectivity index (χ0v) is 14.4. The van der Waals surface area contributed by atoms with E-state index < -0.39 is 5.97 Å². The van der Waals surface area contributed by atoms with E-state index in [1.54, 1.807) is 24.0 Å². The maximum absolute atomic E-state index is 12.6. The van der Waals surface area contributed by atoms with Crippen LogP contribution in [0.5, 0.6) is 5.75 Å². The van der Waals surface area contributed by atoms with Crippen molar-refractivity contribution in [3.63, 3.8) is 0 Å². The number of carbonyl (C=O) groups is 2. The zero-order valence-electron chi connectivity index (χ0n) is 13.6. The number of carboxylic acids is 1. The highest BCUT2D eigenvalue weighted by atomic mass is 35.5. The van der Waals surface area contributed by atoms with Crippen LogP contribution in [0.4, 0.5) is 0 Å². The normalized spacial score (nSPS) is 16.7. The van der Waals surface area contributed by atoms with E-state index in [4.69, 9.17) is 21.4 Å². The number of amides is 1. The molecule has 1 unspecified atom stereocenters. The van der Waals surface area contributed by atoms with Crippen molar-refractivity contribution < 1.29 is 19.4 Å². The molecule has 0 saturated carbocycles. The van der Waals surface area contributed by atoms with E-state index in [1.807, 2.05) is 12.1 Å². The van der Waals surface area contributed by atoms with Crippen molar-refractivity contribution >= 4 is 23.5 Å². The van der Waals surface area contributed by atoms with Crippen LogP contribution < -0.4 is 4.74 Å². The highest BCUT2D eigenvalue weighted by molar-refractivity contribution is 6.30. The Morgan fingerprint density at radius 1 is 1.32 bits per heavy atom. The van der Waals surface area contributed by atoms with Crippen LogP contribution in [-0.2, 0) is 0 Å². The fourth-order valence-electron chi connectivity index (χ4n) is 2.81. The molecule has 0 spiro atoms. The third-order valence-corrected chi connectivity index (χ3v) is 4.30. The van der Waals surface area contributed by atoms with Gasteiger partial charge < -0.3 is 14.7 Å². The molecule has 2 aromatic rings. The lowest BCUT2D eigenvalue weighted by atomic mass is 10.2. The SMILES string of the molecule is Cc1nc(C(=O)N2CCC(Oc3cccc(Cl)c3)C2)ccc1C(=O)O. The molecule has 0 aliphatic carbocycles. The minimum Gasteiger partial charge on any atom is -0.488 e. The molecule has 1 aliphatic heterocycles. The van der Waals surface area contributed by atoms with Crippen molar-refractivity contribution in [1.82, 2.24) is 9.88 Å². The molecule has 25 heavy (non-hydrogen) atoms. The smallest absolute Gasteiger partial charge is 0.337 e. The number of aryl methyl sites for hydroxylation is 1. The molecule has 1 N–H and O–H groups in total. The molecule has 1 aliphatic rings. The van der Waals surface area contributed by atoms with Crippen LogP contribution in [0.15, 0.2) is 36.4 Å². The summed E-state index contributed by atoms with van der Waals surface area (Å²) < 4.78 is 5.87.